The molecule has 4 aromatic carbocycles. The van der Waals surface area contributed by atoms with Crippen molar-refractivity contribution in [3.8, 4) is 5.75 Å². The minimum Gasteiger partial charge on any atom is -0.497 e. The molecule has 8 rings (SSSR count). The number of para-hydroxylation sites is 2. The van der Waals surface area contributed by atoms with Crippen LogP contribution in [0.25, 0.3) is 22.7 Å². The predicted octanol–water partition coefficient (Wildman–Crippen LogP) is 5.92. The lowest BCUT2D eigenvalue weighted by Crippen LogP contribution is -2.38. The Bertz CT molecular complexity index is 2350. The lowest BCUT2D eigenvalue weighted by molar-refractivity contribution is -0.116. The Morgan fingerprint density at radius 3 is 2.54 bits per heavy atom. The van der Waals surface area contributed by atoms with Crippen LogP contribution in [0.2, 0.25) is 0 Å². The number of aromatic nitrogens is 2. The van der Waals surface area contributed by atoms with Crippen LogP contribution < -0.4 is 24.9 Å². The second kappa shape index (κ2) is 11.5. The van der Waals surface area contributed by atoms with E-state index < -0.39 is 0 Å². The number of anilines is 1. The summed E-state index contributed by atoms with van der Waals surface area (Å²) in [5.74, 6) is 0.649. The third-order valence-corrected chi connectivity index (χ3v) is 9.76. The SMILES string of the molecule is COc1ccc(C2C3=C(N=c4s/c(=C/c5cn(CC(=O)Nc6ccccc6)c6ccccc56)c(=O)n42)c2ccccc2CC3)cc1. The van der Waals surface area contributed by atoms with Crippen LogP contribution in [0, 0.1) is 0 Å². The molecular weight excluding hydrogens is 593 g/mol. The maximum Gasteiger partial charge on any atom is 0.271 e. The first-order chi connectivity index (χ1) is 22.6. The summed E-state index contributed by atoms with van der Waals surface area (Å²) in [7, 11) is 1.66. The summed E-state index contributed by atoms with van der Waals surface area (Å²) in [6, 6.07) is 33.6. The average Bonchev–Trinajstić information content (AvgIpc) is 3.60. The van der Waals surface area contributed by atoms with Gasteiger partial charge in [-0.3, -0.25) is 14.2 Å². The molecule has 46 heavy (non-hydrogen) atoms. The van der Waals surface area contributed by atoms with Crippen molar-refractivity contribution in [2.75, 3.05) is 12.4 Å². The Morgan fingerprint density at radius 2 is 1.72 bits per heavy atom. The second-order valence-corrected chi connectivity index (χ2v) is 12.5. The van der Waals surface area contributed by atoms with Gasteiger partial charge in [0.1, 0.15) is 12.3 Å². The van der Waals surface area contributed by atoms with Crippen LogP contribution in [-0.2, 0) is 17.8 Å². The highest BCUT2D eigenvalue weighted by atomic mass is 32.1. The molecule has 2 aliphatic rings. The van der Waals surface area contributed by atoms with Gasteiger partial charge in [0.2, 0.25) is 5.91 Å². The van der Waals surface area contributed by atoms with Crippen LogP contribution in [0.4, 0.5) is 5.69 Å². The highest BCUT2D eigenvalue weighted by Crippen LogP contribution is 2.41. The number of rotatable bonds is 6. The summed E-state index contributed by atoms with van der Waals surface area (Å²) in [5, 5.41) is 3.94. The zero-order valence-corrected chi connectivity index (χ0v) is 26.0. The summed E-state index contributed by atoms with van der Waals surface area (Å²) >= 11 is 1.41. The van der Waals surface area contributed by atoms with E-state index in [4.69, 9.17) is 9.73 Å². The van der Waals surface area contributed by atoms with E-state index in [1.165, 1.54) is 16.9 Å². The van der Waals surface area contributed by atoms with E-state index in [0.717, 1.165) is 63.1 Å². The summed E-state index contributed by atoms with van der Waals surface area (Å²) in [6.07, 6.45) is 5.63. The average molecular weight is 623 g/mol. The van der Waals surface area contributed by atoms with E-state index in [0.29, 0.717) is 9.33 Å². The molecule has 6 aromatic rings. The van der Waals surface area contributed by atoms with Crippen molar-refractivity contribution in [1.29, 1.82) is 0 Å². The molecule has 1 atom stereocenters. The molecule has 8 heteroatoms. The predicted molar refractivity (Wildman–Crippen MR) is 183 cm³/mol. The van der Waals surface area contributed by atoms with Gasteiger partial charge in [0, 0.05) is 33.9 Å². The van der Waals surface area contributed by atoms with Gasteiger partial charge in [0.15, 0.2) is 4.80 Å². The van der Waals surface area contributed by atoms with Crippen LogP contribution in [0.5, 0.6) is 5.75 Å². The van der Waals surface area contributed by atoms with Gasteiger partial charge in [-0.05, 0) is 65.9 Å². The molecule has 0 saturated heterocycles. The van der Waals surface area contributed by atoms with Gasteiger partial charge in [-0.15, -0.1) is 0 Å². The summed E-state index contributed by atoms with van der Waals surface area (Å²) < 4.78 is 9.83. The van der Waals surface area contributed by atoms with E-state index in [1.54, 1.807) is 7.11 Å². The lowest BCUT2D eigenvalue weighted by Gasteiger charge is -2.30. The van der Waals surface area contributed by atoms with Gasteiger partial charge in [0.05, 0.1) is 23.4 Å². The maximum atomic E-state index is 14.3. The Morgan fingerprint density at radius 1 is 0.957 bits per heavy atom. The van der Waals surface area contributed by atoms with E-state index in [2.05, 4.69) is 29.6 Å². The molecule has 1 amide bonds. The zero-order chi connectivity index (χ0) is 31.2. The fourth-order valence-electron chi connectivity index (χ4n) is 6.65. The summed E-state index contributed by atoms with van der Waals surface area (Å²) in [6.45, 7) is 0.147. The van der Waals surface area contributed by atoms with E-state index in [-0.39, 0.29) is 24.1 Å². The fraction of sp³-hybridized carbons (Fsp3) is 0.132. The van der Waals surface area contributed by atoms with Crippen molar-refractivity contribution in [3.05, 3.63) is 157 Å². The number of nitrogens with one attached hydrogen (secondary N) is 1. The number of hydrogen-bond donors (Lipinski definition) is 1. The molecular formula is C38H30N4O3S. The third kappa shape index (κ3) is 4.87. The van der Waals surface area contributed by atoms with Crippen LogP contribution in [0.1, 0.15) is 34.7 Å². The second-order valence-electron chi connectivity index (χ2n) is 11.5. The molecule has 7 nitrogen and oxygen atoms in total. The smallest absolute Gasteiger partial charge is 0.271 e. The third-order valence-electron chi connectivity index (χ3n) is 8.78. The number of fused-ring (bicyclic) bond motifs is 4. The van der Waals surface area contributed by atoms with E-state index in [1.807, 2.05) is 100 Å². The van der Waals surface area contributed by atoms with E-state index in [9.17, 15) is 9.59 Å². The number of thiazole rings is 1. The van der Waals surface area contributed by atoms with Gasteiger partial charge in [-0.2, -0.15) is 0 Å². The van der Waals surface area contributed by atoms with Gasteiger partial charge < -0.3 is 14.6 Å². The topological polar surface area (TPSA) is 77.6 Å². The van der Waals surface area contributed by atoms with Gasteiger partial charge in [0.25, 0.3) is 5.56 Å². The van der Waals surface area contributed by atoms with Crippen molar-refractivity contribution in [2.24, 2.45) is 4.99 Å². The largest absolute Gasteiger partial charge is 0.497 e. The summed E-state index contributed by atoms with van der Waals surface area (Å²) in [4.78, 5) is 33.1. The molecule has 0 bridgehead atoms. The quantitative estimate of drug-likeness (QED) is 0.251. The Balaban J connectivity index is 1.25. The highest BCUT2D eigenvalue weighted by molar-refractivity contribution is 7.07. The molecule has 226 valence electrons. The van der Waals surface area contributed by atoms with Crippen molar-refractivity contribution in [3.63, 3.8) is 0 Å². The molecule has 0 radical (unpaired) electrons. The standard InChI is InChI=1S/C38H30N4O3S/c1-45-28-18-15-25(16-19-28)36-31-20-17-24-9-5-6-13-30(24)35(31)40-38-42(36)37(44)33(46-38)21-26-22-41(32-14-8-7-12-29(26)32)23-34(43)39-27-10-3-2-4-11-27/h2-16,18-19,21-22,36H,17,20,23H2,1H3,(H,39,43)/b33-21+. The Kier molecular flexibility index (Phi) is 6.99. The van der Waals surface area contributed by atoms with Crippen molar-refractivity contribution >= 4 is 45.6 Å². The normalized spacial score (nSPS) is 15.6. The van der Waals surface area contributed by atoms with Crippen molar-refractivity contribution in [1.82, 2.24) is 9.13 Å². The van der Waals surface area contributed by atoms with Gasteiger partial charge in [-0.25, -0.2) is 4.99 Å². The number of methoxy groups -OCH3 is 1. The van der Waals surface area contributed by atoms with Gasteiger partial charge in [-0.1, -0.05) is 84.1 Å². The number of benzene rings is 4. The number of ether oxygens (including phenoxy) is 1. The van der Waals surface area contributed by atoms with Crippen LogP contribution in [0.15, 0.2) is 125 Å². The number of aryl methyl sites for hydroxylation is 1. The molecule has 0 spiro atoms. The summed E-state index contributed by atoms with van der Waals surface area (Å²) in [5.41, 5.74) is 8.04. The molecule has 0 saturated carbocycles. The van der Waals surface area contributed by atoms with Crippen molar-refractivity contribution < 1.29 is 9.53 Å². The lowest BCUT2D eigenvalue weighted by atomic mass is 9.83. The minimum atomic E-state index is -0.268. The molecule has 3 heterocycles. The number of amides is 1. The first-order valence-electron chi connectivity index (χ1n) is 15.3. The molecule has 1 aliphatic heterocycles. The number of carbonyl (C=O) groups excluding carboxylic acids is 1. The number of carbonyl (C=O) groups is 1. The molecule has 1 aliphatic carbocycles. The molecule has 2 aromatic heterocycles. The van der Waals surface area contributed by atoms with Crippen LogP contribution >= 0.6 is 11.3 Å². The Labute approximate surface area is 269 Å². The van der Waals surface area contributed by atoms with Crippen molar-refractivity contribution in [2.45, 2.75) is 25.4 Å². The number of hydrogen-bond acceptors (Lipinski definition) is 5. The number of nitrogens with zero attached hydrogens (tertiary/aromatic N) is 3. The monoisotopic (exact) mass is 622 g/mol. The number of allylic oxidation sites excluding steroid dienone is 1. The van der Waals surface area contributed by atoms with E-state index >= 15 is 0 Å². The molecule has 1 N–H and O–H groups in total. The molecule has 1 unspecified atom stereocenters. The first-order valence-corrected chi connectivity index (χ1v) is 16.1. The fourth-order valence-corrected chi connectivity index (χ4v) is 7.64. The van der Waals surface area contributed by atoms with Gasteiger partial charge >= 0.3 is 0 Å². The Hall–Kier alpha value is -5.47. The highest BCUT2D eigenvalue weighted by Gasteiger charge is 2.32. The minimum absolute atomic E-state index is 0.0753. The van der Waals surface area contributed by atoms with Crippen LogP contribution in [-0.4, -0.2) is 22.2 Å². The zero-order valence-electron chi connectivity index (χ0n) is 25.1. The first kappa shape index (κ1) is 28.0. The molecule has 0 fully saturated rings. The maximum absolute atomic E-state index is 14.3. The van der Waals surface area contributed by atoms with Crippen LogP contribution in [0.3, 0.4) is 0 Å².